The first kappa shape index (κ1) is 30.1. The van der Waals surface area contributed by atoms with E-state index in [-0.39, 0.29) is 28.7 Å². The third kappa shape index (κ3) is 10.0. The summed E-state index contributed by atoms with van der Waals surface area (Å²) in [7, 11) is 1.13. The predicted molar refractivity (Wildman–Crippen MR) is 138 cm³/mol. The van der Waals surface area contributed by atoms with Gasteiger partial charge in [-0.25, -0.2) is 4.39 Å². The van der Waals surface area contributed by atoms with E-state index < -0.39 is 41.7 Å². The van der Waals surface area contributed by atoms with Crippen LogP contribution < -0.4 is 10.6 Å². The summed E-state index contributed by atoms with van der Waals surface area (Å²) in [5, 5.41) is 5.42. The number of benzene rings is 2. The minimum atomic E-state index is -0.910. The van der Waals surface area contributed by atoms with Gasteiger partial charge in [0.25, 0.3) is 5.91 Å². The molecule has 2 rings (SSSR count). The van der Waals surface area contributed by atoms with E-state index in [1.165, 1.54) is 0 Å². The summed E-state index contributed by atoms with van der Waals surface area (Å²) < 4.78 is 24.5. The van der Waals surface area contributed by atoms with Gasteiger partial charge in [-0.05, 0) is 63.4 Å². The molecule has 0 fully saturated rings. The van der Waals surface area contributed by atoms with Gasteiger partial charge in [-0.2, -0.15) is 0 Å². The van der Waals surface area contributed by atoms with Crippen molar-refractivity contribution in [1.82, 2.24) is 5.32 Å². The van der Waals surface area contributed by atoms with Crippen molar-refractivity contribution in [2.45, 2.75) is 58.1 Å². The molecule has 2 N–H and O–H groups in total. The third-order valence-corrected chi connectivity index (χ3v) is 5.51. The number of ether oxygens (including phenoxy) is 2. The van der Waals surface area contributed by atoms with Gasteiger partial charge in [0.1, 0.15) is 17.8 Å². The van der Waals surface area contributed by atoms with Gasteiger partial charge < -0.3 is 20.1 Å². The molecule has 0 spiro atoms. The SMILES string of the molecule is COC(=O)CC(=O)Nc1cc(C(=O)NC(CCCC(=O)OC(C)(C)C)c2cccc(Cl)c2)c(F)cc1Cl. The number of halogens is 3. The second kappa shape index (κ2) is 13.4. The molecule has 0 heterocycles. The number of carbonyl (C=O) groups is 4. The Morgan fingerprint density at radius 3 is 2.38 bits per heavy atom. The standard InChI is InChI=1S/C26H29Cl2FN2O6/c1-26(2,3)37-23(33)10-6-9-20(15-7-5-8-16(27)11-15)31-25(35)17-12-21(18(28)13-19(17)29)30-22(32)14-24(34)36-4/h5,7-8,11-13,20H,6,9-10,14H2,1-4H3,(H,30,32)(H,31,35). The van der Waals surface area contributed by atoms with Crippen LogP contribution in [0.4, 0.5) is 10.1 Å². The summed E-state index contributed by atoms with van der Waals surface area (Å²) in [6.07, 6.45) is 0.254. The Bertz CT molecular complexity index is 1170. The van der Waals surface area contributed by atoms with Gasteiger partial charge in [-0.15, -0.1) is 0 Å². The normalized spacial score (nSPS) is 11.9. The lowest BCUT2D eigenvalue weighted by atomic mass is 10.00. The number of hydrogen-bond donors (Lipinski definition) is 2. The second-order valence-corrected chi connectivity index (χ2v) is 10.0. The van der Waals surface area contributed by atoms with Gasteiger partial charge in [0.15, 0.2) is 0 Å². The summed E-state index contributed by atoms with van der Waals surface area (Å²) in [4.78, 5) is 48.6. The zero-order valence-corrected chi connectivity index (χ0v) is 22.5. The summed E-state index contributed by atoms with van der Waals surface area (Å²) in [6.45, 7) is 5.31. The first-order valence-corrected chi connectivity index (χ1v) is 12.2. The zero-order chi connectivity index (χ0) is 27.8. The molecule has 37 heavy (non-hydrogen) atoms. The van der Waals surface area contributed by atoms with Crippen molar-refractivity contribution in [1.29, 1.82) is 0 Å². The van der Waals surface area contributed by atoms with E-state index in [0.717, 1.165) is 19.2 Å². The monoisotopic (exact) mass is 554 g/mol. The maximum Gasteiger partial charge on any atom is 0.315 e. The van der Waals surface area contributed by atoms with Crippen LogP contribution in [0.2, 0.25) is 10.0 Å². The van der Waals surface area contributed by atoms with Crippen LogP contribution in [0.5, 0.6) is 0 Å². The zero-order valence-electron chi connectivity index (χ0n) is 21.0. The van der Waals surface area contributed by atoms with Crippen molar-refractivity contribution in [3.63, 3.8) is 0 Å². The molecule has 0 saturated carbocycles. The molecule has 0 radical (unpaired) electrons. The van der Waals surface area contributed by atoms with E-state index in [0.29, 0.717) is 23.4 Å². The van der Waals surface area contributed by atoms with E-state index in [1.807, 2.05) is 0 Å². The quantitative estimate of drug-likeness (QED) is 0.291. The van der Waals surface area contributed by atoms with Crippen molar-refractivity contribution in [2.24, 2.45) is 0 Å². The van der Waals surface area contributed by atoms with Crippen LogP contribution in [-0.2, 0) is 23.9 Å². The average Bonchev–Trinajstić information content (AvgIpc) is 2.78. The van der Waals surface area contributed by atoms with E-state index in [2.05, 4.69) is 15.4 Å². The van der Waals surface area contributed by atoms with Crippen molar-refractivity contribution < 1.29 is 33.0 Å². The number of methoxy groups -OCH3 is 1. The largest absolute Gasteiger partial charge is 0.469 e. The number of nitrogens with one attached hydrogen (secondary N) is 2. The maximum atomic E-state index is 14.7. The maximum absolute atomic E-state index is 14.7. The highest BCUT2D eigenvalue weighted by Gasteiger charge is 2.22. The molecule has 11 heteroatoms. The number of esters is 2. The Hall–Kier alpha value is -3.17. The van der Waals surface area contributed by atoms with Gasteiger partial charge >= 0.3 is 11.9 Å². The summed E-state index contributed by atoms with van der Waals surface area (Å²) in [6, 6.07) is 8.16. The van der Waals surface area contributed by atoms with Crippen molar-refractivity contribution in [2.75, 3.05) is 12.4 Å². The number of carbonyl (C=O) groups excluding carboxylic acids is 4. The molecule has 0 saturated heterocycles. The van der Waals surface area contributed by atoms with Gasteiger partial charge in [0.05, 0.1) is 29.4 Å². The summed E-state index contributed by atoms with van der Waals surface area (Å²) in [5.41, 5.74) is -0.386. The van der Waals surface area contributed by atoms with Crippen LogP contribution in [0.15, 0.2) is 36.4 Å². The van der Waals surface area contributed by atoms with Gasteiger partial charge in [-0.3, -0.25) is 19.2 Å². The number of hydrogen-bond acceptors (Lipinski definition) is 6. The van der Waals surface area contributed by atoms with Gasteiger partial charge in [0, 0.05) is 11.4 Å². The van der Waals surface area contributed by atoms with Crippen molar-refractivity contribution >= 4 is 52.6 Å². The smallest absolute Gasteiger partial charge is 0.315 e. The summed E-state index contributed by atoms with van der Waals surface area (Å²) in [5.74, 6) is -3.58. The highest BCUT2D eigenvalue weighted by atomic mass is 35.5. The van der Waals surface area contributed by atoms with E-state index >= 15 is 0 Å². The lowest BCUT2D eigenvalue weighted by Crippen LogP contribution is -2.30. The first-order chi connectivity index (χ1) is 17.3. The van der Waals surface area contributed by atoms with Crippen LogP contribution >= 0.6 is 23.2 Å². The first-order valence-electron chi connectivity index (χ1n) is 11.4. The fraction of sp³-hybridized carbons (Fsp3) is 0.385. The minimum Gasteiger partial charge on any atom is -0.469 e. The van der Waals surface area contributed by atoms with Crippen LogP contribution in [-0.4, -0.2) is 36.5 Å². The topological polar surface area (TPSA) is 111 Å². The predicted octanol–water partition coefficient (Wildman–Crippen LogP) is 5.62. The Labute approximate surface area is 224 Å². The Morgan fingerprint density at radius 2 is 1.76 bits per heavy atom. The van der Waals surface area contributed by atoms with Crippen LogP contribution in [0, 0.1) is 5.82 Å². The third-order valence-electron chi connectivity index (χ3n) is 4.96. The second-order valence-electron chi connectivity index (χ2n) is 9.17. The van der Waals surface area contributed by atoms with Gasteiger partial charge in [-0.1, -0.05) is 35.3 Å². The van der Waals surface area contributed by atoms with Crippen LogP contribution in [0.3, 0.4) is 0 Å². The molecule has 1 unspecified atom stereocenters. The van der Waals surface area contributed by atoms with Crippen LogP contribution in [0.25, 0.3) is 0 Å². The highest BCUT2D eigenvalue weighted by Crippen LogP contribution is 2.28. The number of rotatable bonds is 10. The van der Waals surface area contributed by atoms with Gasteiger partial charge in [0.2, 0.25) is 5.91 Å². The molecule has 2 aromatic rings. The Morgan fingerprint density at radius 1 is 1.05 bits per heavy atom. The van der Waals surface area contributed by atoms with E-state index in [1.54, 1.807) is 45.0 Å². The molecule has 0 aliphatic heterocycles. The van der Waals surface area contributed by atoms with Crippen molar-refractivity contribution in [3.8, 4) is 0 Å². The molecule has 0 aromatic heterocycles. The van der Waals surface area contributed by atoms with Crippen LogP contribution in [0.1, 0.15) is 68.4 Å². The molecular formula is C26H29Cl2FN2O6. The molecular weight excluding hydrogens is 526 g/mol. The van der Waals surface area contributed by atoms with E-state index in [4.69, 9.17) is 27.9 Å². The average molecular weight is 555 g/mol. The van der Waals surface area contributed by atoms with Crippen molar-refractivity contribution in [3.05, 3.63) is 63.4 Å². The lowest BCUT2D eigenvalue weighted by molar-refractivity contribution is -0.155. The molecule has 0 bridgehead atoms. The molecule has 0 aliphatic carbocycles. The molecule has 2 amide bonds. The highest BCUT2D eigenvalue weighted by molar-refractivity contribution is 6.34. The molecule has 1 atom stereocenters. The minimum absolute atomic E-state index is 0.0497. The fourth-order valence-corrected chi connectivity index (χ4v) is 3.74. The Kier molecular flexibility index (Phi) is 10.9. The van der Waals surface area contributed by atoms with E-state index in [9.17, 15) is 23.6 Å². The number of anilines is 1. The number of amides is 2. The molecule has 200 valence electrons. The Balaban J connectivity index is 2.22. The molecule has 2 aromatic carbocycles. The fourth-order valence-electron chi connectivity index (χ4n) is 3.34. The molecule has 8 nitrogen and oxygen atoms in total. The molecule has 0 aliphatic rings. The lowest BCUT2D eigenvalue weighted by Gasteiger charge is -2.22. The summed E-state index contributed by atoms with van der Waals surface area (Å²) >= 11 is 12.1.